The van der Waals surface area contributed by atoms with Gasteiger partial charge in [0.1, 0.15) is 11.6 Å². The second-order valence-corrected chi connectivity index (χ2v) is 3.45. The number of carbonyl (C=O) groups is 1. The van der Waals surface area contributed by atoms with E-state index in [1.54, 1.807) is 24.3 Å². The van der Waals surface area contributed by atoms with Gasteiger partial charge in [0.05, 0.1) is 12.2 Å². The first-order chi connectivity index (χ1) is 7.58. The van der Waals surface area contributed by atoms with Crippen LogP contribution in [0.25, 0.3) is 6.08 Å². The van der Waals surface area contributed by atoms with Gasteiger partial charge in [-0.1, -0.05) is 24.3 Å². The highest BCUT2D eigenvalue weighted by Gasteiger charge is 1.95. The van der Waals surface area contributed by atoms with Gasteiger partial charge in [-0.25, -0.2) is 4.39 Å². The molecule has 0 spiro atoms. The van der Waals surface area contributed by atoms with Gasteiger partial charge in [0.25, 0.3) is 0 Å². The number of benzene rings is 1. The van der Waals surface area contributed by atoms with Crippen molar-refractivity contribution < 1.29 is 14.3 Å². The fraction of sp³-hybridized carbons (Fsp3) is 0.154. The fourth-order valence-electron chi connectivity index (χ4n) is 1.16. The maximum Gasteiger partial charge on any atom is 0.137 e. The van der Waals surface area contributed by atoms with Crippen LogP contribution in [0.1, 0.15) is 18.9 Å². The van der Waals surface area contributed by atoms with Crippen LogP contribution in [0.15, 0.2) is 42.2 Å². The van der Waals surface area contributed by atoms with Crippen molar-refractivity contribution in [1.82, 2.24) is 0 Å². The Morgan fingerprint density at radius 3 is 2.56 bits per heavy atom. The standard InChI is InChI=1S/C13H13FO2/c1-10(15)9-13(16)4-2-3-11-5-7-12(14)8-6-11/h2-8,16H,9H2,1H3/b3-2+,13-4-. The largest absolute Gasteiger partial charge is 0.512 e. The number of Topliss-reactive ketones (excluding diaryl/α,β-unsaturated/α-hetero) is 1. The molecule has 84 valence electrons. The molecule has 0 amide bonds. The van der Waals surface area contributed by atoms with Gasteiger partial charge in [-0.05, 0) is 30.7 Å². The van der Waals surface area contributed by atoms with E-state index in [1.807, 2.05) is 0 Å². The van der Waals surface area contributed by atoms with Gasteiger partial charge in [-0.15, -0.1) is 0 Å². The molecule has 0 radical (unpaired) electrons. The molecule has 16 heavy (non-hydrogen) atoms. The topological polar surface area (TPSA) is 37.3 Å². The summed E-state index contributed by atoms with van der Waals surface area (Å²) >= 11 is 0. The van der Waals surface area contributed by atoms with Crippen molar-refractivity contribution in [2.75, 3.05) is 0 Å². The van der Waals surface area contributed by atoms with Crippen molar-refractivity contribution in [3.63, 3.8) is 0 Å². The second-order valence-electron chi connectivity index (χ2n) is 3.45. The van der Waals surface area contributed by atoms with Crippen molar-refractivity contribution in [1.29, 1.82) is 0 Å². The average molecular weight is 220 g/mol. The Balaban J connectivity index is 2.60. The van der Waals surface area contributed by atoms with Crippen molar-refractivity contribution in [2.45, 2.75) is 13.3 Å². The van der Waals surface area contributed by atoms with E-state index in [9.17, 15) is 14.3 Å². The van der Waals surface area contributed by atoms with E-state index in [0.29, 0.717) is 0 Å². The van der Waals surface area contributed by atoms with Gasteiger partial charge >= 0.3 is 0 Å². The third-order valence-electron chi connectivity index (χ3n) is 1.88. The van der Waals surface area contributed by atoms with Crippen molar-refractivity contribution >= 4 is 11.9 Å². The maximum atomic E-state index is 12.6. The minimum atomic E-state index is -0.285. The predicted octanol–water partition coefficient (Wildman–Crippen LogP) is 3.26. The summed E-state index contributed by atoms with van der Waals surface area (Å²) in [6, 6.07) is 5.97. The van der Waals surface area contributed by atoms with Gasteiger partial charge in [0.2, 0.25) is 0 Å². The minimum absolute atomic E-state index is 0.0193. The highest BCUT2D eigenvalue weighted by atomic mass is 19.1. The lowest BCUT2D eigenvalue weighted by Gasteiger charge is -1.93. The molecule has 0 fully saturated rings. The maximum absolute atomic E-state index is 12.6. The number of aliphatic hydroxyl groups is 1. The van der Waals surface area contributed by atoms with Gasteiger partial charge in [0, 0.05) is 0 Å². The smallest absolute Gasteiger partial charge is 0.137 e. The Hall–Kier alpha value is -1.90. The number of hydrogen-bond donors (Lipinski definition) is 1. The van der Waals surface area contributed by atoms with Crippen LogP contribution in [0, 0.1) is 5.82 Å². The van der Waals surface area contributed by atoms with Crippen molar-refractivity contribution in [3.05, 3.63) is 53.6 Å². The van der Waals surface area contributed by atoms with Crippen LogP contribution in [-0.4, -0.2) is 10.9 Å². The summed E-state index contributed by atoms with van der Waals surface area (Å²) in [6.07, 6.45) is 4.82. The molecular formula is C13H13FO2. The summed E-state index contributed by atoms with van der Waals surface area (Å²) in [5.74, 6) is -0.359. The number of halogens is 1. The molecule has 1 aromatic rings. The monoisotopic (exact) mass is 220 g/mol. The van der Waals surface area contributed by atoms with Crippen LogP contribution in [0.5, 0.6) is 0 Å². The molecule has 0 aromatic heterocycles. The summed E-state index contributed by atoms with van der Waals surface area (Å²) in [6.45, 7) is 1.41. The number of hydrogen-bond acceptors (Lipinski definition) is 2. The van der Waals surface area contributed by atoms with E-state index in [0.717, 1.165) is 5.56 Å². The highest BCUT2D eigenvalue weighted by Crippen LogP contribution is 2.05. The zero-order valence-electron chi connectivity index (χ0n) is 8.98. The van der Waals surface area contributed by atoms with Crippen molar-refractivity contribution in [3.8, 4) is 0 Å². The van der Waals surface area contributed by atoms with Crippen LogP contribution in [0.4, 0.5) is 4.39 Å². The Morgan fingerprint density at radius 2 is 2.00 bits per heavy atom. The Kier molecular flexibility index (Phi) is 4.45. The average Bonchev–Trinajstić information content (AvgIpc) is 2.20. The first kappa shape index (κ1) is 12.2. The Labute approximate surface area is 93.7 Å². The molecule has 0 aliphatic rings. The summed E-state index contributed by atoms with van der Waals surface area (Å²) in [7, 11) is 0. The summed E-state index contributed by atoms with van der Waals surface area (Å²) in [4.78, 5) is 10.7. The van der Waals surface area contributed by atoms with Crippen molar-refractivity contribution in [2.24, 2.45) is 0 Å². The molecule has 0 saturated carbocycles. The molecular weight excluding hydrogens is 207 g/mol. The van der Waals surface area contributed by atoms with Gasteiger partial charge in [0.15, 0.2) is 0 Å². The SMILES string of the molecule is CC(=O)C/C(O)=C/C=C/c1ccc(F)cc1. The third kappa shape index (κ3) is 4.55. The van der Waals surface area contributed by atoms with E-state index in [2.05, 4.69) is 0 Å². The van der Waals surface area contributed by atoms with E-state index in [4.69, 9.17) is 0 Å². The lowest BCUT2D eigenvalue weighted by atomic mass is 10.2. The third-order valence-corrected chi connectivity index (χ3v) is 1.88. The van der Waals surface area contributed by atoms with Crippen LogP contribution in [0.2, 0.25) is 0 Å². The van der Waals surface area contributed by atoms with Crippen LogP contribution >= 0.6 is 0 Å². The summed E-state index contributed by atoms with van der Waals surface area (Å²) in [5.41, 5.74) is 0.827. The first-order valence-corrected chi connectivity index (χ1v) is 4.89. The zero-order valence-corrected chi connectivity index (χ0v) is 8.98. The Morgan fingerprint density at radius 1 is 1.38 bits per heavy atom. The lowest BCUT2D eigenvalue weighted by Crippen LogP contribution is -1.91. The minimum Gasteiger partial charge on any atom is -0.512 e. The first-order valence-electron chi connectivity index (χ1n) is 4.89. The number of carbonyl (C=O) groups excluding carboxylic acids is 1. The van der Waals surface area contributed by atoms with E-state index >= 15 is 0 Å². The second kappa shape index (κ2) is 5.85. The molecule has 0 saturated heterocycles. The molecule has 0 aliphatic carbocycles. The molecule has 0 heterocycles. The molecule has 1 rings (SSSR count). The Bertz CT molecular complexity index is 416. The molecule has 0 unspecified atom stereocenters. The number of rotatable bonds is 4. The van der Waals surface area contributed by atoms with Gasteiger partial charge in [-0.2, -0.15) is 0 Å². The van der Waals surface area contributed by atoms with E-state index < -0.39 is 0 Å². The normalized spacial score (nSPS) is 12.0. The number of allylic oxidation sites excluding steroid dienone is 3. The van der Waals surface area contributed by atoms with Crippen LogP contribution < -0.4 is 0 Å². The van der Waals surface area contributed by atoms with Crippen LogP contribution in [0.3, 0.4) is 0 Å². The molecule has 1 N–H and O–H groups in total. The lowest BCUT2D eigenvalue weighted by molar-refractivity contribution is -0.116. The number of ketones is 1. The van der Waals surface area contributed by atoms with E-state index in [1.165, 1.54) is 25.1 Å². The molecule has 0 aliphatic heterocycles. The molecule has 1 aromatic carbocycles. The van der Waals surface area contributed by atoms with E-state index in [-0.39, 0.29) is 23.8 Å². The van der Waals surface area contributed by atoms with Gasteiger partial charge in [-0.3, -0.25) is 4.79 Å². The van der Waals surface area contributed by atoms with Crippen LogP contribution in [-0.2, 0) is 4.79 Å². The number of aliphatic hydroxyl groups excluding tert-OH is 1. The van der Waals surface area contributed by atoms with Gasteiger partial charge < -0.3 is 5.11 Å². The zero-order chi connectivity index (χ0) is 12.0. The molecule has 2 nitrogen and oxygen atoms in total. The molecule has 0 atom stereocenters. The highest BCUT2D eigenvalue weighted by molar-refractivity contribution is 5.77. The molecule has 3 heteroatoms. The predicted molar refractivity (Wildman–Crippen MR) is 61.4 cm³/mol. The fourth-order valence-corrected chi connectivity index (χ4v) is 1.16. The molecule has 0 bridgehead atoms. The summed E-state index contributed by atoms with van der Waals surface area (Å²) < 4.78 is 12.6. The summed E-state index contributed by atoms with van der Waals surface area (Å²) in [5, 5.41) is 9.27. The quantitative estimate of drug-likeness (QED) is 0.624.